The quantitative estimate of drug-likeness (QED) is 0.491. The van der Waals surface area contributed by atoms with Crippen molar-refractivity contribution in [1.29, 1.82) is 0 Å². The van der Waals surface area contributed by atoms with E-state index < -0.39 is 0 Å². The van der Waals surface area contributed by atoms with E-state index in [1.54, 1.807) is 14.2 Å². The molecule has 34 heavy (non-hydrogen) atoms. The Morgan fingerprint density at radius 2 is 1.97 bits per heavy atom. The van der Waals surface area contributed by atoms with Crippen LogP contribution in [0.3, 0.4) is 0 Å². The zero-order chi connectivity index (χ0) is 23.9. The average molecular weight is 485 g/mol. The minimum atomic E-state index is -0.0489. The van der Waals surface area contributed by atoms with Gasteiger partial charge in [-0.2, -0.15) is 4.98 Å². The molecule has 3 aromatic rings. The van der Waals surface area contributed by atoms with Crippen molar-refractivity contribution in [3.05, 3.63) is 58.9 Å². The predicted molar refractivity (Wildman–Crippen MR) is 129 cm³/mol. The second-order valence-electron chi connectivity index (χ2n) is 8.32. The van der Waals surface area contributed by atoms with Gasteiger partial charge in [0.1, 0.15) is 0 Å². The van der Waals surface area contributed by atoms with Gasteiger partial charge in [-0.15, -0.1) is 0 Å². The van der Waals surface area contributed by atoms with Gasteiger partial charge in [-0.05, 0) is 61.7 Å². The molecular weight excluding hydrogens is 456 g/mol. The fourth-order valence-electron chi connectivity index (χ4n) is 4.14. The van der Waals surface area contributed by atoms with E-state index in [0.29, 0.717) is 47.9 Å². The van der Waals surface area contributed by atoms with E-state index in [9.17, 15) is 4.79 Å². The number of carbonyl (C=O) groups excluding carboxylic acids is 1. The number of piperidine rings is 1. The molecule has 0 spiro atoms. The van der Waals surface area contributed by atoms with Crippen LogP contribution in [0.5, 0.6) is 11.5 Å². The third-order valence-electron chi connectivity index (χ3n) is 5.97. The first-order valence-electron chi connectivity index (χ1n) is 11.3. The SMILES string of the molecule is COc1ccc(-c2noc(CN3CCCC(C(=O)NCCc4ccc(Cl)cc4)C3)n2)cc1OC. The smallest absolute Gasteiger partial charge is 0.241 e. The zero-order valence-electron chi connectivity index (χ0n) is 19.4. The lowest BCUT2D eigenvalue weighted by atomic mass is 9.97. The van der Waals surface area contributed by atoms with Crippen LogP contribution in [0.15, 0.2) is 47.0 Å². The van der Waals surface area contributed by atoms with Crippen molar-refractivity contribution in [3.63, 3.8) is 0 Å². The van der Waals surface area contributed by atoms with Crippen LogP contribution in [0.4, 0.5) is 0 Å². The van der Waals surface area contributed by atoms with Gasteiger partial charge in [0.2, 0.25) is 17.6 Å². The summed E-state index contributed by atoms with van der Waals surface area (Å²) in [4.78, 5) is 19.4. The monoisotopic (exact) mass is 484 g/mol. The third-order valence-corrected chi connectivity index (χ3v) is 6.22. The van der Waals surface area contributed by atoms with Crippen molar-refractivity contribution in [2.24, 2.45) is 5.92 Å². The highest BCUT2D eigenvalue weighted by Gasteiger charge is 2.26. The van der Waals surface area contributed by atoms with Crippen molar-refractivity contribution in [2.75, 3.05) is 33.9 Å². The van der Waals surface area contributed by atoms with Gasteiger partial charge in [0.25, 0.3) is 0 Å². The lowest BCUT2D eigenvalue weighted by Gasteiger charge is -2.30. The van der Waals surface area contributed by atoms with Gasteiger partial charge >= 0.3 is 0 Å². The van der Waals surface area contributed by atoms with E-state index in [4.69, 9.17) is 25.6 Å². The van der Waals surface area contributed by atoms with Crippen LogP contribution in [0, 0.1) is 5.92 Å². The number of rotatable bonds is 9. The van der Waals surface area contributed by atoms with Crippen molar-refractivity contribution in [1.82, 2.24) is 20.4 Å². The number of carbonyl (C=O) groups is 1. The Morgan fingerprint density at radius 1 is 1.18 bits per heavy atom. The van der Waals surface area contributed by atoms with Crippen LogP contribution in [-0.4, -0.2) is 54.8 Å². The largest absolute Gasteiger partial charge is 0.493 e. The molecule has 1 amide bonds. The van der Waals surface area contributed by atoms with E-state index in [1.807, 2.05) is 42.5 Å². The van der Waals surface area contributed by atoms with Gasteiger partial charge in [-0.25, -0.2) is 0 Å². The third kappa shape index (κ3) is 6.07. The Hall–Kier alpha value is -3.10. The summed E-state index contributed by atoms with van der Waals surface area (Å²) in [6, 6.07) is 13.2. The number of hydrogen-bond donors (Lipinski definition) is 1. The average Bonchev–Trinajstić information content (AvgIpc) is 3.33. The zero-order valence-corrected chi connectivity index (χ0v) is 20.2. The highest BCUT2D eigenvalue weighted by Crippen LogP contribution is 2.31. The van der Waals surface area contributed by atoms with Gasteiger partial charge in [-0.3, -0.25) is 9.69 Å². The number of amides is 1. The normalized spacial score (nSPS) is 16.3. The van der Waals surface area contributed by atoms with Gasteiger partial charge in [0.15, 0.2) is 11.5 Å². The van der Waals surface area contributed by atoms with Gasteiger partial charge in [-0.1, -0.05) is 28.9 Å². The van der Waals surface area contributed by atoms with E-state index in [2.05, 4.69) is 20.4 Å². The number of benzene rings is 2. The minimum Gasteiger partial charge on any atom is -0.493 e. The molecule has 4 rings (SSSR count). The molecule has 0 bridgehead atoms. The number of likely N-dealkylation sites (tertiary alicyclic amines) is 1. The highest BCUT2D eigenvalue weighted by molar-refractivity contribution is 6.30. The molecule has 1 fully saturated rings. The first-order chi connectivity index (χ1) is 16.6. The second-order valence-corrected chi connectivity index (χ2v) is 8.76. The number of nitrogens with zero attached hydrogens (tertiary/aromatic N) is 3. The maximum Gasteiger partial charge on any atom is 0.241 e. The summed E-state index contributed by atoms with van der Waals surface area (Å²) in [5, 5.41) is 7.90. The fraction of sp³-hybridized carbons (Fsp3) is 0.400. The lowest BCUT2D eigenvalue weighted by molar-refractivity contribution is -0.126. The van der Waals surface area contributed by atoms with Crippen LogP contribution in [-0.2, 0) is 17.8 Å². The molecule has 1 atom stereocenters. The van der Waals surface area contributed by atoms with Crippen molar-refractivity contribution >= 4 is 17.5 Å². The summed E-state index contributed by atoms with van der Waals surface area (Å²) in [5.41, 5.74) is 1.93. The van der Waals surface area contributed by atoms with Gasteiger partial charge in [0, 0.05) is 23.7 Å². The molecule has 1 aromatic heterocycles. The van der Waals surface area contributed by atoms with Crippen molar-refractivity contribution < 1.29 is 18.8 Å². The number of hydrogen-bond acceptors (Lipinski definition) is 7. The standard InChI is InChI=1S/C25H29ClN4O4/c1-32-21-10-7-18(14-22(21)33-2)24-28-23(34-29-24)16-30-13-3-4-19(15-30)25(31)27-12-11-17-5-8-20(26)9-6-17/h5-10,14,19H,3-4,11-13,15-16H2,1-2H3,(H,27,31). The summed E-state index contributed by atoms with van der Waals surface area (Å²) in [7, 11) is 3.18. The number of halogens is 1. The molecule has 0 radical (unpaired) electrons. The lowest BCUT2D eigenvalue weighted by Crippen LogP contribution is -2.43. The summed E-state index contributed by atoms with van der Waals surface area (Å²) in [6.07, 6.45) is 2.61. The molecule has 9 heteroatoms. The molecule has 0 aliphatic carbocycles. The maximum absolute atomic E-state index is 12.7. The van der Waals surface area contributed by atoms with E-state index in [1.165, 1.54) is 0 Å². The molecule has 1 saturated heterocycles. The molecule has 0 saturated carbocycles. The van der Waals surface area contributed by atoms with E-state index >= 15 is 0 Å². The minimum absolute atomic E-state index is 0.0489. The van der Waals surface area contributed by atoms with Crippen LogP contribution in [0.1, 0.15) is 24.3 Å². The Labute approximate surface area is 204 Å². The number of aromatic nitrogens is 2. The highest BCUT2D eigenvalue weighted by atomic mass is 35.5. The van der Waals surface area contributed by atoms with Crippen LogP contribution in [0.25, 0.3) is 11.4 Å². The van der Waals surface area contributed by atoms with Crippen LogP contribution < -0.4 is 14.8 Å². The summed E-state index contributed by atoms with van der Waals surface area (Å²) >= 11 is 5.93. The van der Waals surface area contributed by atoms with Crippen molar-refractivity contribution in [3.8, 4) is 22.9 Å². The van der Waals surface area contributed by atoms with E-state index in [0.717, 1.165) is 36.9 Å². The molecule has 1 N–H and O–H groups in total. The molecule has 2 aromatic carbocycles. The van der Waals surface area contributed by atoms with Gasteiger partial charge in [0.05, 0.1) is 26.7 Å². The van der Waals surface area contributed by atoms with Gasteiger partial charge < -0.3 is 19.3 Å². The Balaban J connectivity index is 1.29. The number of nitrogens with one attached hydrogen (secondary N) is 1. The molecule has 2 heterocycles. The second kappa shape index (κ2) is 11.4. The topological polar surface area (TPSA) is 89.7 Å². The maximum atomic E-state index is 12.7. The molecule has 1 aliphatic heterocycles. The summed E-state index contributed by atoms with van der Waals surface area (Å²) in [6.45, 7) is 2.67. The van der Waals surface area contributed by atoms with Crippen molar-refractivity contribution in [2.45, 2.75) is 25.8 Å². The summed E-state index contributed by atoms with van der Waals surface area (Å²) < 4.78 is 16.1. The van der Waals surface area contributed by atoms with Crippen LogP contribution in [0.2, 0.25) is 5.02 Å². The Kier molecular flexibility index (Phi) is 8.03. The predicted octanol–water partition coefficient (Wildman–Crippen LogP) is 3.98. The molecular formula is C25H29ClN4O4. The number of ether oxygens (including phenoxy) is 2. The molecule has 1 aliphatic rings. The van der Waals surface area contributed by atoms with Crippen LogP contribution >= 0.6 is 11.6 Å². The van der Waals surface area contributed by atoms with E-state index in [-0.39, 0.29) is 11.8 Å². The Morgan fingerprint density at radius 3 is 2.74 bits per heavy atom. The first kappa shape index (κ1) is 24.0. The molecule has 8 nitrogen and oxygen atoms in total. The summed E-state index contributed by atoms with van der Waals surface area (Å²) in [5.74, 6) is 2.30. The fourth-order valence-corrected chi connectivity index (χ4v) is 4.27. The first-order valence-corrected chi connectivity index (χ1v) is 11.7. The Bertz CT molecular complexity index is 1100. The number of methoxy groups -OCH3 is 2. The molecule has 180 valence electrons. The molecule has 1 unspecified atom stereocenters.